The first-order valence-electron chi connectivity index (χ1n) is 9.80. The number of hydrogen-bond acceptors (Lipinski definition) is 5. The number of aromatic nitrogens is 4. The van der Waals surface area contributed by atoms with E-state index in [4.69, 9.17) is 10.1 Å². The van der Waals surface area contributed by atoms with E-state index in [2.05, 4.69) is 28.5 Å². The molecule has 0 saturated carbocycles. The van der Waals surface area contributed by atoms with Crippen LogP contribution >= 0.6 is 11.8 Å². The lowest BCUT2D eigenvalue weighted by molar-refractivity contribution is -0.114. The minimum Gasteiger partial charge on any atom is -0.361 e. The number of Topliss-reactive ketones (excluding diaryl/α,β-unsaturated/α-hetero) is 1. The maximum Gasteiger partial charge on any atom is 0.227 e. The van der Waals surface area contributed by atoms with Crippen LogP contribution < -0.4 is 5.32 Å². The summed E-state index contributed by atoms with van der Waals surface area (Å²) in [5.74, 6) is 1.46. The van der Waals surface area contributed by atoms with Gasteiger partial charge in [0, 0.05) is 39.7 Å². The molecule has 5 rings (SSSR count). The summed E-state index contributed by atoms with van der Waals surface area (Å²) in [5.41, 5.74) is 4.79. The van der Waals surface area contributed by atoms with Gasteiger partial charge in [-0.1, -0.05) is 60.3 Å². The molecule has 1 atom stereocenters. The van der Waals surface area contributed by atoms with Crippen molar-refractivity contribution in [1.29, 1.82) is 0 Å². The van der Waals surface area contributed by atoms with Crippen LogP contribution in [0.15, 0.2) is 77.2 Å². The second-order valence-electron chi connectivity index (χ2n) is 7.35. The average molecular weight is 416 g/mol. The van der Waals surface area contributed by atoms with E-state index in [9.17, 15) is 4.79 Å². The van der Waals surface area contributed by atoms with Crippen LogP contribution in [0.3, 0.4) is 0 Å². The van der Waals surface area contributed by atoms with Crippen LogP contribution in [0.4, 0.5) is 5.95 Å². The van der Waals surface area contributed by atoms with Crippen LogP contribution in [-0.4, -0.2) is 25.5 Å². The number of nitrogens with one attached hydrogen (secondary N) is 2. The van der Waals surface area contributed by atoms with Gasteiger partial charge in [0.25, 0.3) is 0 Å². The summed E-state index contributed by atoms with van der Waals surface area (Å²) in [6.45, 7) is 3.53. The van der Waals surface area contributed by atoms with Gasteiger partial charge in [-0.2, -0.15) is 4.98 Å². The number of carbonyl (C=O) groups is 1. The Morgan fingerprint density at radius 2 is 1.90 bits per heavy atom. The Balaban J connectivity index is 1.57. The summed E-state index contributed by atoms with van der Waals surface area (Å²) in [6, 6.07) is 18.0. The van der Waals surface area contributed by atoms with Crippen molar-refractivity contribution in [3.8, 4) is 0 Å². The molecular weight excluding hydrogens is 394 g/mol. The largest absolute Gasteiger partial charge is 0.361 e. The van der Waals surface area contributed by atoms with Crippen LogP contribution in [0.25, 0.3) is 10.9 Å². The molecule has 0 saturated heterocycles. The number of fused-ring (bicyclic) bond motifs is 2. The molecule has 30 heavy (non-hydrogen) atoms. The molecule has 0 amide bonds. The molecule has 0 radical (unpaired) electrons. The molecule has 0 bridgehead atoms. The van der Waals surface area contributed by atoms with Crippen molar-refractivity contribution in [1.82, 2.24) is 19.7 Å². The summed E-state index contributed by atoms with van der Waals surface area (Å²) in [5, 5.41) is 9.82. The number of benzene rings is 2. The summed E-state index contributed by atoms with van der Waals surface area (Å²) in [4.78, 5) is 20.6. The molecule has 2 N–H and O–H groups in total. The fraction of sp³-hybridized carbons (Fsp3) is 0.174. The fourth-order valence-corrected chi connectivity index (χ4v) is 4.76. The zero-order valence-corrected chi connectivity index (χ0v) is 17.5. The van der Waals surface area contributed by atoms with Crippen molar-refractivity contribution in [3.05, 3.63) is 83.2 Å². The van der Waals surface area contributed by atoms with Crippen molar-refractivity contribution >= 4 is 34.4 Å². The normalized spacial score (nSPS) is 15.9. The molecule has 2 aromatic heterocycles. The standard InChI is InChI=1S/C23H21N5OS/c1-14-20(15(2)29)21(18-12-24-19-11-7-6-10-17(18)19)28-22(25-14)26-23(27-28)30-13-16-8-4-3-5-9-16/h3-12,21,24H,13H2,1-2H3,(H,25,26,27). The van der Waals surface area contributed by atoms with Crippen LogP contribution in [0.1, 0.15) is 31.0 Å². The number of para-hydroxylation sites is 1. The zero-order valence-electron chi connectivity index (χ0n) is 16.7. The van der Waals surface area contributed by atoms with Crippen molar-refractivity contribution in [2.45, 2.75) is 30.8 Å². The van der Waals surface area contributed by atoms with Crippen LogP contribution in [0.2, 0.25) is 0 Å². The summed E-state index contributed by atoms with van der Waals surface area (Å²) < 4.78 is 1.84. The Bertz CT molecular complexity index is 1270. The van der Waals surface area contributed by atoms with E-state index in [1.165, 1.54) is 5.56 Å². The van der Waals surface area contributed by atoms with Crippen molar-refractivity contribution in [2.24, 2.45) is 0 Å². The van der Waals surface area contributed by atoms with Gasteiger partial charge >= 0.3 is 0 Å². The molecule has 3 heterocycles. The molecule has 6 nitrogen and oxygen atoms in total. The van der Waals surface area contributed by atoms with E-state index >= 15 is 0 Å². The van der Waals surface area contributed by atoms with E-state index < -0.39 is 0 Å². The van der Waals surface area contributed by atoms with E-state index in [1.54, 1.807) is 18.7 Å². The number of H-pyrrole nitrogens is 1. The quantitative estimate of drug-likeness (QED) is 0.452. The van der Waals surface area contributed by atoms with Gasteiger partial charge in [0.2, 0.25) is 11.1 Å². The van der Waals surface area contributed by atoms with Crippen LogP contribution in [-0.2, 0) is 10.5 Å². The van der Waals surface area contributed by atoms with Gasteiger partial charge < -0.3 is 10.3 Å². The molecule has 2 aromatic carbocycles. The van der Waals surface area contributed by atoms with Gasteiger partial charge in [0.05, 0.1) is 0 Å². The Morgan fingerprint density at radius 1 is 1.13 bits per heavy atom. The lowest BCUT2D eigenvalue weighted by Crippen LogP contribution is -2.27. The predicted octanol–water partition coefficient (Wildman–Crippen LogP) is 4.93. The van der Waals surface area contributed by atoms with E-state index in [0.717, 1.165) is 27.9 Å². The summed E-state index contributed by atoms with van der Waals surface area (Å²) in [7, 11) is 0. The average Bonchev–Trinajstić information content (AvgIpc) is 3.35. The maximum absolute atomic E-state index is 12.6. The van der Waals surface area contributed by atoms with E-state index in [0.29, 0.717) is 16.7 Å². The van der Waals surface area contributed by atoms with Gasteiger partial charge in [0.15, 0.2) is 5.78 Å². The Hall–Kier alpha value is -3.32. The second-order valence-corrected chi connectivity index (χ2v) is 8.29. The number of hydrogen-bond donors (Lipinski definition) is 2. The molecule has 4 aromatic rings. The Morgan fingerprint density at radius 3 is 2.70 bits per heavy atom. The highest BCUT2D eigenvalue weighted by Crippen LogP contribution is 2.39. The fourth-order valence-electron chi connectivity index (χ4n) is 3.98. The van der Waals surface area contributed by atoms with Gasteiger partial charge in [0.1, 0.15) is 6.04 Å². The maximum atomic E-state index is 12.6. The van der Waals surface area contributed by atoms with Crippen molar-refractivity contribution in [2.75, 3.05) is 5.32 Å². The molecule has 150 valence electrons. The molecule has 1 unspecified atom stereocenters. The first kappa shape index (κ1) is 18.7. The zero-order chi connectivity index (χ0) is 20.7. The topological polar surface area (TPSA) is 75.6 Å². The minimum atomic E-state index is -0.325. The smallest absolute Gasteiger partial charge is 0.227 e. The predicted molar refractivity (Wildman–Crippen MR) is 119 cm³/mol. The van der Waals surface area contributed by atoms with Crippen LogP contribution in [0, 0.1) is 0 Å². The number of rotatable bonds is 5. The number of thioether (sulfide) groups is 1. The third kappa shape index (κ3) is 3.21. The lowest BCUT2D eigenvalue weighted by Gasteiger charge is -2.27. The van der Waals surface area contributed by atoms with Gasteiger partial charge in [-0.25, -0.2) is 4.68 Å². The van der Waals surface area contributed by atoms with E-state index in [1.807, 2.05) is 54.2 Å². The van der Waals surface area contributed by atoms with Crippen molar-refractivity contribution < 1.29 is 4.79 Å². The molecule has 7 heteroatoms. The molecule has 0 aliphatic carbocycles. The highest BCUT2D eigenvalue weighted by molar-refractivity contribution is 7.98. The number of anilines is 1. The third-order valence-electron chi connectivity index (χ3n) is 5.34. The lowest BCUT2D eigenvalue weighted by atomic mass is 9.93. The third-order valence-corrected chi connectivity index (χ3v) is 6.25. The minimum absolute atomic E-state index is 0.0231. The first-order chi connectivity index (χ1) is 14.6. The highest BCUT2D eigenvalue weighted by atomic mass is 32.2. The monoisotopic (exact) mass is 415 g/mol. The van der Waals surface area contributed by atoms with E-state index in [-0.39, 0.29) is 11.8 Å². The highest BCUT2D eigenvalue weighted by Gasteiger charge is 2.34. The van der Waals surface area contributed by atoms with Gasteiger partial charge in [-0.3, -0.25) is 4.79 Å². The molecule has 0 fully saturated rings. The number of carbonyl (C=O) groups excluding carboxylic acids is 1. The van der Waals surface area contributed by atoms with Gasteiger partial charge in [-0.05, 0) is 25.5 Å². The molecular formula is C23H21N5OS. The Labute approximate surface area is 178 Å². The summed E-state index contributed by atoms with van der Waals surface area (Å²) in [6.07, 6.45) is 1.97. The van der Waals surface area contributed by atoms with Crippen molar-refractivity contribution in [3.63, 3.8) is 0 Å². The summed E-state index contributed by atoms with van der Waals surface area (Å²) >= 11 is 1.59. The number of aromatic amines is 1. The number of ketones is 1. The van der Waals surface area contributed by atoms with Crippen LogP contribution in [0.5, 0.6) is 0 Å². The molecule has 0 spiro atoms. The first-order valence-corrected chi connectivity index (χ1v) is 10.8. The second kappa shape index (κ2) is 7.50. The number of nitrogens with zero attached hydrogens (tertiary/aromatic N) is 3. The SMILES string of the molecule is CC(=O)C1=C(C)Nc2nc(SCc3ccccc3)nn2C1c1c[nH]c2ccccc12. The van der Waals surface area contributed by atoms with Gasteiger partial charge in [-0.15, -0.1) is 5.10 Å². The number of allylic oxidation sites excluding steroid dienone is 2. The molecule has 1 aliphatic heterocycles. The molecule has 1 aliphatic rings. The Kier molecular flexibility index (Phi) is 4.67.